The molecule has 0 aliphatic carbocycles. The van der Waals surface area contributed by atoms with Gasteiger partial charge in [-0.2, -0.15) is 0 Å². The van der Waals surface area contributed by atoms with Crippen LogP contribution in [0.15, 0.2) is 36.4 Å². The molecule has 1 saturated heterocycles. The molecule has 2 aromatic rings. The van der Waals surface area contributed by atoms with Crippen LogP contribution >= 0.6 is 0 Å². The third kappa shape index (κ3) is 5.76. The highest BCUT2D eigenvalue weighted by Crippen LogP contribution is 2.24. The maximum absolute atomic E-state index is 13.5. The monoisotopic (exact) mass is 403 g/mol. The Balaban J connectivity index is 1.43. The highest BCUT2D eigenvalue weighted by molar-refractivity contribution is 5.76. The molecule has 2 aromatic carbocycles. The van der Waals surface area contributed by atoms with Crippen molar-refractivity contribution in [3.63, 3.8) is 0 Å². The van der Waals surface area contributed by atoms with Gasteiger partial charge in [-0.1, -0.05) is 18.2 Å². The molecule has 6 heteroatoms. The van der Waals surface area contributed by atoms with Crippen LogP contribution in [0.1, 0.15) is 42.1 Å². The van der Waals surface area contributed by atoms with Crippen molar-refractivity contribution in [1.82, 2.24) is 4.90 Å². The van der Waals surface area contributed by atoms with Crippen LogP contribution in [0.4, 0.5) is 8.78 Å². The molecule has 0 saturated carbocycles. The maximum Gasteiger partial charge on any atom is 0.222 e. The van der Waals surface area contributed by atoms with Crippen LogP contribution in [0.2, 0.25) is 0 Å². The summed E-state index contributed by atoms with van der Waals surface area (Å²) in [6, 6.07) is 9.84. The molecule has 29 heavy (non-hydrogen) atoms. The highest BCUT2D eigenvalue weighted by Gasteiger charge is 2.25. The second-order valence-corrected chi connectivity index (χ2v) is 7.45. The summed E-state index contributed by atoms with van der Waals surface area (Å²) in [6.07, 6.45) is 1.52. The van der Waals surface area contributed by atoms with Gasteiger partial charge in [0.15, 0.2) is 11.6 Å². The Morgan fingerprint density at radius 3 is 2.76 bits per heavy atom. The van der Waals surface area contributed by atoms with Crippen molar-refractivity contribution in [3.8, 4) is 5.75 Å². The number of hydrogen-bond acceptors (Lipinski definition) is 3. The Labute approximate surface area is 170 Å². The third-order valence-corrected chi connectivity index (χ3v) is 5.12. The first-order chi connectivity index (χ1) is 13.9. The molecule has 1 unspecified atom stereocenters. The number of benzene rings is 2. The maximum atomic E-state index is 13.5. The first-order valence-corrected chi connectivity index (χ1v) is 9.98. The number of halogens is 2. The van der Waals surface area contributed by atoms with Crippen LogP contribution in [0.5, 0.6) is 5.75 Å². The summed E-state index contributed by atoms with van der Waals surface area (Å²) in [5.74, 6) is -0.856. The van der Waals surface area contributed by atoms with Gasteiger partial charge in [0.05, 0.1) is 19.8 Å². The minimum atomic E-state index is -0.904. The molecule has 3 rings (SSSR count). The van der Waals surface area contributed by atoms with E-state index in [-0.39, 0.29) is 5.91 Å². The Morgan fingerprint density at radius 2 is 1.97 bits per heavy atom. The second-order valence-electron chi connectivity index (χ2n) is 7.45. The largest absolute Gasteiger partial charge is 0.493 e. The van der Waals surface area contributed by atoms with Gasteiger partial charge in [0.25, 0.3) is 0 Å². The van der Waals surface area contributed by atoms with E-state index < -0.39 is 17.7 Å². The average molecular weight is 403 g/mol. The number of amides is 1. The Morgan fingerprint density at radius 1 is 1.14 bits per heavy atom. The van der Waals surface area contributed by atoms with Crippen LogP contribution in [-0.2, 0) is 9.53 Å². The first-order valence-electron chi connectivity index (χ1n) is 9.98. The van der Waals surface area contributed by atoms with Gasteiger partial charge in [0, 0.05) is 13.0 Å². The number of hydrogen-bond donors (Lipinski definition) is 0. The van der Waals surface area contributed by atoms with Gasteiger partial charge in [-0.15, -0.1) is 0 Å². The summed E-state index contributed by atoms with van der Waals surface area (Å²) in [7, 11) is 0. The fraction of sp³-hybridized carbons (Fsp3) is 0.435. The summed E-state index contributed by atoms with van der Waals surface area (Å²) in [5, 5.41) is 0. The van der Waals surface area contributed by atoms with E-state index in [1.54, 1.807) is 4.90 Å². The lowest BCUT2D eigenvalue weighted by Gasteiger charge is -2.33. The third-order valence-electron chi connectivity index (χ3n) is 5.12. The minimum absolute atomic E-state index is 0.0487. The van der Waals surface area contributed by atoms with E-state index in [9.17, 15) is 13.6 Å². The van der Waals surface area contributed by atoms with E-state index in [1.807, 2.05) is 26.0 Å². The fourth-order valence-corrected chi connectivity index (χ4v) is 3.37. The Hall–Kier alpha value is -2.47. The Bertz CT molecular complexity index is 856. The number of carbonyl (C=O) groups is 1. The predicted molar refractivity (Wildman–Crippen MR) is 107 cm³/mol. The van der Waals surface area contributed by atoms with E-state index in [2.05, 4.69) is 6.07 Å². The summed E-state index contributed by atoms with van der Waals surface area (Å²) >= 11 is 0. The molecule has 0 bridgehead atoms. The molecule has 1 amide bonds. The van der Waals surface area contributed by atoms with Crippen molar-refractivity contribution >= 4 is 5.91 Å². The van der Waals surface area contributed by atoms with E-state index >= 15 is 0 Å². The van der Waals surface area contributed by atoms with Crippen molar-refractivity contribution in [2.75, 3.05) is 26.3 Å². The molecule has 1 atom stereocenters. The zero-order chi connectivity index (χ0) is 20.8. The number of nitrogens with zero attached hydrogens (tertiary/aromatic N) is 1. The molecule has 0 N–H and O–H groups in total. The molecule has 1 aliphatic heterocycles. The lowest BCUT2D eigenvalue weighted by molar-refractivity contribution is -0.139. The second kappa shape index (κ2) is 9.83. The molecule has 1 aliphatic rings. The highest BCUT2D eigenvalue weighted by atomic mass is 19.2. The first kappa shape index (κ1) is 21.2. The van der Waals surface area contributed by atoms with Crippen molar-refractivity contribution < 1.29 is 23.0 Å². The number of unbranched alkanes of at least 4 members (excludes halogenated alkanes) is 1. The Kier molecular flexibility index (Phi) is 7.20. The smallest absolute Gasteiger partial charge is 0.222 e. The van der Waals surface area contributed by atoms with Gasteiger partial charge in [0.2, 0.25) is 5.91 Å². The number of aryl methyl sites for hydroxylation is 2. The van der Waals surface area contributed by atoms with Crippen molar-refractivity contribution in [3.05, 3.63) is 64.7 Å². The fourth-order valence-electron chi connectivity index (χ4n) is 3.37. The van der Waals surface area contributed by atoms with Gasteiger partial charge in [-0.25, -0.2) is 8.78 Å². The van der Waals surface area contributed by atoms with Gasteiger partial charge in [0.1, 0.15) is 11.9 Å². The zero-order valence-electron chi connectivity index (χ0n) is 16.9. The molecule has 156 valence electrons. The van der Waals surface area contributed by atoms with Crippen LogP contribution < -0.4 is 4.74 Å². The van der Waals surface area contributed by atoms with E-state index in [0.717, 1.165) is 41.9 Å². The minimum Gasteiger partial charge on any atom is -0.493 e. The van der Waals surface area contributed by atoms with E-state index in [4.69, 9.17) is 9.47 Å². The quantitative estimate of drug-likeness (QED) is 0.628. The van der Waals surface area contributed by atoms with Crippen LogP contribution in [0, 0.1) is 25.5 Å². The van der Waals surface area contributed by atoms with Gasteiger partial charge in [-0.3, -0.25) is 4.79 Å². The normalized spacial score (nSPS) is 16.7. The molecule has 1 fully saturated rings. The standard InChI is InChI=1S/C23H27F2NO3/c1-16-6-7-17(2)21(13-16)28-11-4-3-5-23(27)26-10-12-29-22(15-26)18-8-9-19(24)20(25)14-18/h6-9,13-14,22H,3-5,10-12,15H2,1-2H3. The molecule has 0 spiro atoms. The summed E-state index contributed by atoms with van der Waals surface area (Å²) < 4.78 is 38.1. The van der Waals surface area contributed by atoms with E-state index in [1.165, 1.54) is 6.07 Å². The van der Waals surface area contributed by atoms with Crippen LogP contribution in [-0.4, -0.2) is 37.1 Å². The van der Waals surface area contributed by atoms with Crippen molar-refractivity contribution in [2.45, 2.75) is 39.2 Å². The summed E-state index contributed by atoms with van der Waals surface area (Å²) in [6.45, 7) is 5.85. The average Bonchev–Trinajstić information content (AvgIpc) is 2.72. The van der Waals surface area contributed by atoms with Gasteiger partial charge in [-0.05, 0) is 61.6 Å². The molecule has 0 aromatic heterocycles. The topological polar surface area (TPSA) is 38.8 Å². The SMILES string of the molecule is Cc1ccc(C)c(OCCCCC(=O)N2CCOC(c3ccc(F)c(F)c3)C2)c1. The molecule has 1 heterocycles. The number of rotatable bonds is 7. The molecule has 0 radical (unpaired) electrons. The summed E-state index contributed by atoms with van der Waals surface area (Å²) in [5.41, 5.74) is 2.80. The molecule has 4 nitrogen and oxygen atoms in total. The summed E-state index contributed by atoms with van der Waals surface area (Å²) in [4.78, 5) is 14.3. The van der Waals surface area contributed by atoms with E-state index in [0.29, 0.717) is 38.3 Å². The lowest BCUT2D eigenvalue weighted by Crippen LogP contribution is -2.42. The number of ether oxygens (including phenoxy) is 2. The lowest BCUT2D eigenvalue weighted by atomic mass is 10.1. The zero-order valence-corrected chi connectivity index (χ0v) is 16.9. The number of carbonyl (C=O) groups excluding carboxylic acids is 1. The molecular weight excluding hydrogens is 376 g/mol. The molecular formula is C23H27F2NO3. The number of morpholine rings is 1. The van der Waals surface area contributed by atoms with Gasteiger partial charge < -0.3 is 14.4 Å². The van der Waals surface area contributed by atoms with Gasteiger partial charge >= 0.3 is 0 Å². The predicted octanol–water partition coefficient (Wildman–Crippen LogP) is 4.73. The van der Waals surface area contributed by atoms with Crippen LogP contribution in [0.3, 0.4) is 0 Å². The van der Waals surface area contributed by atoms with Crippen molar-refractivity contribution in [1.29, 1.82) is 0 Å². The van der Waals surface area contributed by atoms with Crippen molar-refractivity contribution in [2.24, 2.45) is 0 Å². The van der Waals surface area contributed by atoms with Crippen LogP contribution in [0.25, 0.3) is 0 Å².